The first kappa shape index (κ1) is 21.0. The van der Waals surface area contributed by atoms with Crippen molar-refractivity contribution in [2.45, 2.75) is 36.3 Å². The van der Waals surface area contributed by atoms with Gasteiger partial charge >= 0.3 is 0 Å². The Morgan fingerprint density at radius 3 is 2.50 bits per heavy atom. The quantitative estimate of drug-likeness (QED) is 0.560. The van der Waals surface area contributed by atoms with E-state index in [9.17, 15) is 13.5 Å². The van der Waals surface area contributed by atoms with Gasteiger partial charge in [-0.25, -0.2) is 8.42 Å². The van der Waals surface area contributed by atoms with Crippen LogP contribution in [0.4, 0.5) is 0 Å². The predicted octanol–water partition coefficient (Wildman–Crippen LogP) is 3.61. The van der Waals surface area contributed by atoms with E-state index in [-0.39, 0.29) is 17.5 Å². The predicted molar refractivity (Wildman–Crippen MR) is 118 cm³/mol. The summed E-state index contributed by atoms with van der Waals surface area (Å²) in [6, 6.07) is 22.7. The average Bonchev–Trinajstić information content (AvgIpc) is 3.15. The first-order valence-electron chi connectivity index (χ1n) is 10.3. The Morgan fingerprint density at radius 2 is 1.70 bits per heavy atom. The number of nitrogens with zero attached hydrogens (tertiary/aromatic N) is 1. The third kappa shape index (κ3) is 4.73. The molecular weight excluding hydrogens is 398 g/mol. The second-order valence-electron chi connectivity index (χ2n) is 7.79. The van der Waals surface area contributed by atoms with Crippen LogP contribution >= 0.6 is 0 Å². The van der Waals surface area contributed by atoms with Crippen molar-refractivity contribution in [1.82, 2.24) is 4.31 Å². The first-order valence-corrected chi connectivity index (χ1v) is 11.8. The lowest BCUT2D eigenvalue weighted by molar-refractivity contribution is 0.0958. The molecule has 0 aromatic heterocycles. The molecule has 0 bridgehead atoms. The number of aryl methyl sites for hydroxylation is 1. The van der Waals surface area contributed by atoms with E-state index in [0.717, 1.165) is 23.6 Å². The van der Waals surface area contributed by atoms with Crippen LogP contribution in [0.15, 0.2) is 77.7 Å². The molecule has 3 aromatic rings. The van der Waals surface area contributed by atoms with Gasteiger partial charge in [0.25, 0.3) is 0 Å². The Balaban J connectivity index is 1.39. The lowest BCUT2D eigenvalue weighted by Gasteiger charge is -2.24. The summed E-state index contributed by atoms with van der Waals surface area (Å²) in [5, 5.41) is 12.0. The van der Waals surface area contributed by atoms with Crippen molar-refractivity contribution in [3.05, 3.63) is 78.4 Å². The van der Waals surface area contributed by atoms with E-state index in [1.54, 1.807) is 12.1 Å². The highest BCUT2D eigenvalue weighted by molar-refractivity contribution is 7.89. The largest absolute Gasteiger partial charge is 0.392 e. The van der Waals surface area contributed by atoms with Gasteiger partial charge in [0.1, 0.15) is 0 Å². The van der Waals surface area contributed by atoms with E-state index < -0.39 is 16.1 Å². The molecule has 1 N–H and O–H groups in total. The van der Waals surface area contributed by atoms with Crippen molar-refractivity contribution >= 4 is 20.8 Å². The summed E-state index contributed by atoms with van der Waals surface area (Å²) in [6.45, 7) is 0.956. The molecule has 0 unspecified atom stereocenters. The zero-order valence-electron chi connectivity index (χ0n) is 16.9. The third-order valence-corrected chi connectivity index (χ3v) is 7.49. The first-order chi connectivity index (χ1) is 14.5. The molecule has 1 heterocycles. The Morgan fingerprint density at radius 1 is 0.967 bits per heavy atom. The number of β-amino-alcohol motifs (C(OH)–C–C–N with tert-alkyl or cyclic N) is 1. The minimum Gasteiger partial charge on any atom is -0.392 e. The van der Waals surface area contributed by atoms with Gasteiger partial charge in [-0.15, -0.1) is 0 Å². The second kappa shape index (κ2) is 9.27. The molecule has 1 fully saturated rings. The van der Waals surface area contributed by atoms with E-state index in [0.29, 0.717) is 19.6 Å². The third-order valence-electron chi connectivity index (χ3n) is 5.58. The molecule has 1 aliphatic rings. The Hall–Kier alpha value is -2.25. The van der Waals surface area contributed by atoms with E-state index in [1.807, 2.05) is 48.5 Å². The Kier molecular flexibility index (Phi) is 6.49. The fourth-order valence-corrected chi connectivity index (χ4v) is 5.71. The summed E-state index contributed by atoms with van der Waals surface area (Å²) < 4.78 is 33.7. The number of hydrogen-bond donors (Lipinski definition) is 1. The average molecular weight is 426 g/mol. The lowest BCUT2D eigenvalue weighted by atomic mass is 10.1. The molecule has 1 aliphatic heterocycles. The molecule has 0 radical (unpaired) electrons. The van der Waals surface area contributed by atoms with Crippen molar-refractivity contribution in [1.29, 1.82) is 0 Å². The van der Waals surface area contributed by atoms with Crippen LogP contribution in [0.5, 0.6) is 0 Å². The molecular formula is C24H27NO4S. The van der Waals surface area contributed by atoms with E-state index in [2.05, 4.69) is 12.1 Å². The van der Waals surface area contributed by atoms with Gasteiger partial charge in [-0.1, -0.05) is 60.7 Å². The Labute approximate surface area is 178 Å². The standard InChI is InChI=1S/C24H27NO4S/c26-23-16-22(18-29-14-6-9-19-7-2-1-3-8-19)25(17-23)30(27,28)24-13-12-20-10-4-5-11-21(20)15-24/h1-5,7-8,10-13,15,22-23,26H,6,9,14,16-18H2/t22-,23+/m0/s1. The number of sulfonamides is 1. The van der Waals surface area contributed by atoms with Crippen LogP contribution in [-0.4, -0.2) is 49.7 Å². The van der Waals surface area contributed by atoms with Crippen LogP contribution in [-0.2, 0) is 21.2 Å². The maximum atomic E-state index is 13.3. The fourth-order valence-electron chi connectivity index (χ4n) is 4.01. The van der Waals surface area contributed by atoms with Crippen LogP contribution in [0.1, 0.15) is 18.4 Å². The molecule has 158 valence electrons. The second-order valence-corrected chi connectivity index (χ2v) is 9.68. The summed E-state index contributed by atoms with van der Waals surface area (Å²) in [4.78, 5) is 0.254. The normalized spacial score (nSPS) is 20.0. The lowest BCUT2D eigenvalue weighted by Crippen LogP contribution is -2.38. The summed E-state index contributed by atoms with van der Waals surface area (Å²) in [6.07, 6.45) is 1.52. The Bertz CT molecular complexity index is 1080. The van der Waals surface area contributed by atoms with Gasteiger partial charge in [0.2, 0.25) is 10.0 Å². The van der Waals surface area contributed by atoms with Crippen LogP contribution in [0.25, 0.3) is 10.8 Å². The molecule has 0 amide bonds. The van der Waals surface area contributed by atoms with E-state index in [4.69, 9.17) is 4.74 Å². The van der Waals surface area contributed by atoms with Crippen molar-refractivity contribution in [2.24, 2.45) is 0 Å². The summed E-state index contributed by atoms with van der Waals surface area (Å²) >= 11 is 0. The number of benzene rings is 3. The topological polar surface area (TPSA) is 66.8 Å². The molecule has 5 nitrogen and oxygen atoms in total. The SMILES string of the molecule is O=S(=O)(c1ccc2ccccc2c1)N1C[C@H](O)C[C@H]1COCCCc1ccccc1. The maximum absolute atomic E-state index is 13.3. The number of fused-ring (bicyclic) bond motifs is 1. The molecule has 0 spiro atoms. The van der Waals surface area contributed by atoms with Gasteiger partial charge in [-0.3, -0.25) is 0 Å². The van der Waals surface area contributed by atoms with Gasteiger partial charge in [0.15, 0.2) is 0 Å². The molecule has 30 heavy (non-hydrogen) atoms. The maximum Gasteiger partial charge on any atom is 0.243 e. The van der Waals surface area contributed by atoms with Gasteiger partial charge in [-0.05, 0) is 47.7 Å². The van der Waals surface area contributed by atoms with Crippen LogP contribution in [0.2, 0.25) is 0 Å². The molecule has 0 saturated carbocycles. The van der Waals surface area contributed by atoms with Crippen LogP contribution in [0, 0.1) is 0 Å². The summed E-state index contributed by atoms with van der Waals surface area (Å²) in [5.74, 6) is 0. The number of aliphatic hydroxyl groups excluding tert-OH is 1. The van der Waals surface area contributed by atoms with Crippen molar-refractivity contribution in [3.8, 4) is 0 Å². The fraction of sp³-hybridized carbons (Fsp3) is 0.333. The van der Waals surface area contributed by atoms with E-state index in [1.165, 1.54) is 9.87 Å². The zero-order chi connectivity index (χ0) is 21.0. The molecule has 6 heteroatoms. The van der Waals surface area contributed by atoms with Crippen molar-refractivity contribution < 1.29 is 18.3 Å². The highest BCUT2D eigenvalue weighted by atomic mass is 32.2. The number of hydrogen-bond acceptors (Lipinski definition) is 4. The minimum absolute atomic E-state index is 0.104. The molecule has 0 aliphatic carbocycles. The summed E-state index contributed by atoms with van der Waals surface area (Å²) in [7, 11) is -3.70. The summed E-state index contributed by atoms with van der Waals surface area (Å²) in [5.41, 5.74) is 1.26. The number of rotatable bonds is 8. The molecule has 1 saturated heterocycles. The molecule has 3 aromatic carbocycles. The van der Waals surface area contributed by atoms with Gasteiger partial charge in [0.05, 0.1) is 23.6 Å². The zero-order valence-corrected chi connectivity index (χ0v) is 17.7. The highest BCUT2D eigenvalue weighted by Crippen LogP contribution is 2.28. The van der Waals surface area contributed by atoms with Crippen LogP contribution in [0.3, 0.4) is 0 Å². The van der Waals surface area contributed by atoms with Crippen molar-refractivity contribution in [2.75, 3.05) is 19.8 Å². The monoisotopic (exact) mass is 425 g/mol. The van der Waals surface area contributed by atoms with Gasteiger partial charge in [0, 0.05) is 13.2 Å². The van der Waals surface area contributed by atoms with Crippen LogP contribution < -0.4 is 0 Å². The number of ether oxygens (including phenoxy) is 1. The number of aliphatic hydroxyl groups is 1. The smallest absolute Gasteiger partial charge is 0.243 e. The molecule has 2 atom stereocenters. The van der Waals surface area contributed by atoms with Crippen molar-refractivity contribution in [3.63, 3.8) is 0 Å². The van der Waals surface area contributed by atoms with Gasteiger partial charge in [-0.2, -0.15) is 4.31 Å². The highest BCUT2D eigenvalue weighted by Gasteiger charge is 2.39. The molecule has 4 rings (SSSR count). The van der Waals surface area contributed by atoms with E-state index >= 15 is 0 Å². The minimum atomic E-state index is -3.70. The van der Waals surface area contributed by atoms with Gasteiger partial charge < -0.3 is 9.84 Å².